The van der Waals surface area contributed by atoms with Crippen molar-refractivity contribution in [2.45, 2.75) is 12.5 Å². The molecule has 0 saturated carbocycles. The lowest BCUT2D eigenvalue weighted by Gasteiger charge is -2.18. The van der Waals surface area contributed by atoms with Crippen molar-refractivity contribution in [2.75, 3.05) is 32.8 Å². The van der Waals surface area contributed by atoms with Gasteiger partial charge in [0.2, 0.25) is 5.91 Å². The molecule has 0 aromatic heterocycles. The number of anilines is 1. The van der Waals surface area contributed by atoms with Gasteiger partial charge in [-0.3, -0.25) is 4.79 Å². The molecule has 1 aromatic carbocycles. The monoisotopic (exact) mass is 294 g/mol. The van der Waals surface area contributed by atoms with Crippen molar-refractivity contribution >= 4 is 17.7 Å². The van der Waals surface area contributed by atoms with Crippen molar-refractivity contribution in [1.82, 2.24) is 5.32 Å². The predicted molar refractivity (Wildman–Crippen MR) is 75.8 cm³/mol. The van der Waals surface area contributed by atoms with E-state index in [9.17, 15) is 9.59 Å². The second kappa shape index (κ2) is 6.34. The quantitative estimate of drug-likeness (QED) is 0.902. The van der Waals surface area contributed by atoms with Crippen LogP contribution < -0.4 is 19.7 Å². The third-order valence-corrected chi connectivity index (χ3v) is 3.31. The Morgan fingerprint density at radius 3 is 2.57 bits per heavy atom. The fourth-order valence-corrected chi connectivity index (χ4v) is 2.27. The Morgan fingerprint density at radius 2 is 1.95 bits per heavy atom. The SMILES string of the molecule is COC(=O)N[C@H]1CC(=O)N(c2ccc(OC)c(OC)c2)C1. The highest BCUT2D eigenvalue weighted by atomic mass is 16.5. The van der Waals surface area contributed by atoms with Crippen LogP contribution in [0, 0.1) is 0 Å². The van der Waals surface area contributed by atoms with Gasteiger partial charge < -0.3 is 24.4 Å². The fourth-order valence-electron chi connectivity index (χ4n) is 2.27. The number of alkyl carbamates (subject to hydrolysis) is 1. The number of nitrogens with one attached hydrogen (secondary N) is 1. The number of rotatable bonds is 4. The van der Waals surface area contributed by atoms with Gasteiger partial charge in [0.15, 0.2) is 11.5 Å². The molecule has 2 amide bonds. The number of carbonyl (C=O) groups excluding carboxylic acids is 2. The highest BCUT2D eigenvalue weighted by Crippen LogP contribution is 2.33. The van der Waals surface area contributed by atoms with Crippen LogP contribution in [0.1, 0.15) is 6.42 Å². The van der Waals surface area contributed by atoms with Gasteiger partial charge in [-0.25, -0.2) is 4.79 Å². The Kier molecular flexibility index (Phi) is 4.52. The van der Waals surface area contributed by atoms with Crippen molar-refractivity contribution in [3.05, 3.63) is 18.2 Å². The Morgan fingerprint density at radius 1 is 1.24 bits per heavy atom. The van der Waals surface area contributed by atoms with E-state index in [4.69, 9.17) is 9.47 Å². The lowest BCUT2D eigenvalue weighted by molar-refractivity contribution is -0.117. The summed E-state index contributed by atoms with van der Waals surface area (Å²) in [5.41, 5.74) is 0.701. The molecule has 1 fully saturated rings. The maximum absolute atomic E-state index is 12.1. The minimum absolute atomic E-state index is 0.0661. The molecule has 1 N–H and O–H groups in total. The number of hydrogen-bond donors (Lipinski definition) is 1. The molecule has 0 spiro atoms. The van der Waals surface area contributed by atoms with Crippen LogP contribution in [0.3, 0.4) is 0 Å². The van der Waals surface area contributed by atoms with Crippen LogP contribution in [0.15, 0.2) is 18.2 Å². The van der Waals surface area contributed by atoms with Gasteiger partial charge in [0.25, 0.3) is 0 Å². The van der Waals surface area contributed by atoms with E-state index in [0.717, 1.165) is 0 Å². The molecule has 21 heavy (non-hydrogen) atoms. The van der Waals surface area contributed by atoms with Crippen LogP contribution in [0.5, 0.6) is 11.5 Å². The number of amides is 2. The van der Waals surface area contributed by atoms with Crippen LogP contribution in [0.2, 0.25) is 0 Å². The van der Waals surface area contributed by atoms with Gasteiger partial charge in [0.05, 0.1) is 27.4 Å². The van der Waals surface area contributed by atoms with E-state index in [1.54, 1.807) is 30.2 Å². The summed E-state index contributed by atoms with van der Waals surface area (Å²) >= 11 is 0. The Balaban J connectivity index is 2.15. The molecular weight excluding hydrogens is 276 g/mol. The summed E-state index contributed by atoms with van der Waals surface area (Å²) in [6, 6.07) is 4.98. The number of nitrogens with zero attached hydrogens (tertiary/aromatic N) is 1. The molecular formula is C14H18N2O5. The van der Waals surface area contributed by atoms with E-state index >= 15 is 0 Å². The minimum atomic E-state index is -0.540. The summed E-state index contributed by atoms with van der Waals surface area (Å²) in [6.45, 7) is 0.392. The molecule has 1 heterocycles. The summed E-state index contributed by atoms with van der Waals surface area (Å²) in [6.07, 6.45) is -0.300. The zero-order valence-electron chi connectivity index (χ0n) is 12.2. The predicted octanol–water partition coefficient (Wildman–Crippen LogP) is 1.17. The van der Waals surface area contributed by atoms with E-state index in [1.165, 1.54) is 14.2 Å². The molecule has 0 aliphatic carbocycles. The minimum Gasteiger partial charge on any atom is -0.493 e. The van der Waals surface area contributed by atoms with Gasteiger partial charge in [0.1, 0.15) is 0 Å². The van der Waals surface area contributed by atoms with Gasteiger partial charge in [-0.2, -0.15) is 0 Å². The van der Waals surface area contributed by atoms with Crippen LogP contribution >= 0.6 is 0 Å². The maximum Gasteiger partial charge on any atom is 0.407 e. The van der Waals surface area contributed by atoms with Crippen LogP contribution in [0.25, 0.3) is 0 Å². The molecule has 1 atom stereocenters. The average Bonchev–Trinajstić information content (AvgIpc) is 2.86. The van der Waals surface area contributed by atoms with Crippen molar-refractivity contribution in [3.8, 4) is 11.5 Å². The standard InChI is InChI=1S/C14H18N2O5/c1-19-11-5-4-10(7-12(11)20-2)16-8-9(6-13(16)17)15-14(18)21-3/h4-5,7,9H,6,8H2,1-3H3,(H,15,18)/t9-/m0/s1. The number of carbonyl (C=O) groups is 2. The average molecular weight is 294 g/mol. The highest BCUT2D eigenvalue weighted by Gasteiger charge is 2.32. The molecule has 0 bridgehead atoms. The first-order valence-corrected chi connectivity index (χ1v) is 6.46. The molecule has 1 aliphatic heterocycles. The molecule has 0 unspecified atom stereocenters. The van der Waals surface area contributed by atoms with Crippen molar-refractivity contribution in [3.63, 3.8) is 0 Å². The Hall–Kier alpha value is -2.44. The largest absolute Gasteiger partial charge is 0.493 e. The van der Waals surface area contributed by atoms with Crippen LogP contribution in [0.4, 0.5) is 10.5 Å². The Bertz CT molecular complexity index is 546. The molecule has 1 aliphatic rings. The van der Waals surface area contributed by atoms with E-state index in [-0.39, 0.29) is 18.4 Å². The lowest BCUT2D eigenvalue weighted by atomic mass is 10.2. The Labute approximate surface area is 122 Å². The normalized spacial score (nSPS) is 17.6. The molecule has 114 valence electrons. The molecule has 2 rings (SSSR count). The van der Waals surface area contributed by atoms with Gasteiger partial charge >= 0.3 is 6.09 Å². The second-order valence-corrected chi connectivity index (χ2v) is 4.58. The smallest absolute Gasteiger partial charge is 0.407 e. The first kappa shape index (κ1) is 15.0. The van der Waals surface area contributed by atoms with E-state index in [0.29, 0.717) is 23.7 Å². The third-order valence-electron chi connectivity index (χ3n) is 3.31. The first-order chi connectivity index (χ1) is 10.1. The summed E-state index contributed by atoms with van der Waals surface area (Å²) in [5, 5.41) is 2.63. The zero-order valence-corrected chi connectivity index (χ0v) is 12.2. The van der Waals surface area contributed by atoms with E-state index < -0.39 is 6.09 Å². The maximum atomic E-state index is 12.1. The summed E-state index contributed by atoms with van der Waals surface area (Å²) < 4.78 is 14.9. The van der Waals surface area contributed by atoms with E-state index in [2.05, 4.69) is 10.1 Å². The number of ether oxygens (including phenoxy) is 3. The number of methoxy groups -OCH3 is 3. The highest BCUT2D eigenvalue weighted by molar-refractivity contribution is 5.97. The molecule has 1 aromatic rings. The second-order valence-electron chi connectivity index (χ2n) is 4.58. The van der Waals surface area contributed by atoms with Gasteiger partial charge in [-0.1, -0.05) is 0 Å². The summed E-state index contributed by atoms with van der Waals surface area (Å²) in [7, 11) is 4.38. The topological polar surface area (TPSA) is 77.1 Å². The van der Waals surface area contributed by atoms with Crippen molar-refractivity contribution in [1.29, 1.82) is 0 Å². The lowest BCUT2D eigenvalue weighted by Crippen LogP contribution is -2.37. The molecule has 0 radical (unpaired) electrons. The molecule has 7 heteroatoms. The fraction of sp³-hybridized carbons (Fsp3) is 0.429. The molecule has 1 saturated heterocycles. The van der Waals surface area contributed by atoms with Crippen LogP contribution in [-0.2, 0) is 9.53 Å². The summed E-state index contributed by atoms with van der Waals surface area (Å²) in [5.74, 6) is 1.08. The summed E-state index contributed by atoms with van der Waals surface area (Å²) in [4.78, 5) is 24.9. The van der Waals surface area contributed by atoms with Crippen molar-refractivity contribution < 1.29 is 23.8 Å². The third kappa shape index (κ3) is 3.18. The van der Waals surface area contributed by atoms with Gasteiger partial charge in [0, 0.05) is 24.7 Å². The van der Waals surface area contributed by atoms with Crippen molar-refractivity contribution in [2.24, 2.45) is 0 Å². The molecule has 7 nitrogen and oxygen atoms in total. The van der Waals surface area contributed by atoms with E-state index in [1.807, 2.05) is 0 Å². The number of hydrogen-bond acceptors (Lipinski definition) is 5. The van der Waals surface area contributed by atoms with Gasteiger partial charge in [-0.15, -0.1) is 0 Å². The van der Waals surface area contributed by atoms with Crippen LogP contribution in [-0.4, -0.2) is 45.9 Å². The van der Waals surface area contributed by atoms with Gasteiger partial charge in [-0.05, 0) is 12.1 Å². The zero-order chi connectivity index (χ0) is 15.4. The number of benzene rings is 1. The first-order valence-electron chi connectivity index (χ1n) is 6.46.